The van der Waals surface area contributed by atoms with Crippen LogP contribution in [0.5, 0.6) is 0 Å². The number of rotatable bonds is 4. The quantitative estimate of drug-likeness (QED) is 0.150. The molecule has 0 amide bonds. The van der Waals surface area contributed by atoms with Crippen molar-refractivity contribution in [3.05, 3.63) is 112 Å². The minimum Gasteiger partial charge on any atom is -0.516 e. The molecule has 1 nitrogen and oxygen atoms in total. The molecule has 0 saturated heterocycles. The Morgan fingerprint density at radius 2 is 0.500 bits per heavy atom. The number of benzene rings is 3. The van der Waals surface area contributed by atoms with E-state index >= 15 is 26.3 Å². The van der Waals surface area contributed by atoms with Crippen LogP contribution in [0, 0.1) is 87.3 Å². The molecule has 40 heavy (non-hydrogen) atoms. The molecule has 0 aliphatic carbocycles. The maximum Gasteiger partial charge on any atom is 1.00 e. The van der Waals surface area contributed by atoms with Crippen LogP contribution in [0.1, 0.15) is 0 Å². The summed E-state index contributed by atoms with van der Waals surface area (Å²) in [7, 11) is 0. The van der Waals surface area contributed by atoms with Crippen LogP contribution in [0.2, 0.25) is 0 Å². The number of halogens is 15. The molecule has 3 aromatic carbocycles. The Balaban J connectivity index is 0.00000441. The van der Waals surface area contributed by atoms with Crippen LogP contribution >= 0.6 is 0 Å². The Morgan fingerprint density at radius 1 is 0.325 bits per heavy atom. The van der Waals surface area contributed by atoms with Gasteiger partial charge in [-0.15, -0.1) is 16.4 Å². The molecule has 1 aromatic heterocycles. The standard InChI is InChI=1S/C22H4BF15N.Li/c24-8-5(9(25)15(31)20(36)14(8)30)23(39-3-1-2-4-39,6-10(26)16(32)21(37)17(33)11(6)27)7-12(28)18(34)22(38)19(35)13(7)29;/h1-4H;/q-1;+1. The summed E-state index contributed by atoms with van der Waals surface area (Å²) in [5.41, 5.74) is -8.10. The predicted octanol–water partition coefficient (Wildman–Crippen LogP) is 2.09. The van der Waals surface area contributed by atoms with Crippen molar-refractivity contribution in [3.8, 4) is 0 Å². The summed E-state index contributed by atoms with van der Waals surface area (Å²) >= 11 is 0. The number of hydrogen-bond donors (Lipinski definition) is 0. The van der Waals surface area contributed by atoms with E-state index in [1.807, 2.05) is 0 Å². The maximum absolute atomic E-state index is 15.2. The van der Waals surface area contributed by atoms with Gasteiger partial charge in [0.25, 0.3) is 0 Å². The van der Waals surface area contributed by atoms with Crippen LogP contribution in [0.15, 0.2) is 24.5 Å². The molecule has 18 heteroatoms. The number of aromatic nitrogens is 1. The molecule has 0 aliphatic rings. The largest absolute Gasteiger partial charge is 1.00 e. The molecule has 0 aliphatic heterocycles. The molecular weight excluding hydrogens is 581 g/mol. The van der Waals surface area contributed by atoms with E-state index in [2.05, 4.69) is 0 Å². The van der Waals surface area contributed by atoms with Gasteiger partial charge >= 0.3 is 18.9 Å². The number of hydrogen-bond acceptors (Lipinski definition) is 0. The average Bonchev–Trinajstić information content (AvgIpc) is 3.46. The second kappa shape index (κ2) is 10.5. The number of nitrogens with zero attached hydrogens (tertiary/aromatic N) is 1. The summed E-state index contributed by atoms with van der Waals surface area (Å²) in [6.45, 7) is 0. The Bertz CT molecular complexity index is 1420. The monoisotopic (exact) mass is 585 g/mol. The third-order valence-electron chi connectivity index (χ3n) is 6.06. The minimum absolute atomic E-state index is 0. The predicted molar refractivity (Wildman–Crippen MR) is 103 cm³/mol. The molecule has 206 valence electrons. The first-order valence-electron chi connectivity index (χ1n) is 9.98. The van der Waals surface area contributed by atoms with Crippen molar-refractivity contribution >= 4 is 22.7 Å². The first-order chi connectivity index (χ1) is 18.1. The van der Waals surface area contributed by atoms with Crippen molar-refractivity contribution in [2.45, 2.75) is 0 Å². The smallest absolute Gasteiger partial charge is 0.516 e. The van der Waals surface area contributed by atoms with E-state index in [4.69, 9.17) is 0 Å². The minimum atomic E-state index is -5.76. The summed E-state index contributed by atoms with van der Waals surface area (Å²) in [5.74, 6) is -45.6. The zero-order valence-corrected chi connectivity index (χ0v) is 19.0. The van der Waals surface area contributed by atoms with E-state index in [-0.39, 0.29) is 23.3 Å². The van der Waals surface area contributed by atoms with Crippen molar-refractivity contribution in [2.24, 2.45) is 0 Å². The molecule has 4 rings (SSSR count). The summed E-state index contributed by atoms with van der Waals surface area (Å²) in [4.78, 5) is 0. The first-order valence-corrected chi connectivity index (χ1v) is 9.98. The van der Waals surface area contributed by atoms with Gasteiger partial charge in [0.2, 0.25) is 0 Å². The molecule has 0 unspecified atom stereocenters. The van der Waals surface area contributed by atoms with Crippen molar-refractivity contribution in [3.63, 3.8) is 0 Å². The molecule has 0 fully saturated rings. The van der Waals surface area contributed by atoms with Gasteiger partial charge in [-0.3, -0.25) is 0 Å². The SMILES string of the molecule is Fc1c(F)c(F)c([B-](c2c(F)c(F)c(F)c(F)c2F)(c2c(F)c(F)c(F)c(F)c2F)n2cccc2)c(F)c1F.[Li+]. The van der Waals surface area contributed by atoms with Gasteiger partial charge in [0.1, 0.15) is 34.9 Å². The van der Waals surface area contributed by atoms with E-state index in [9.17, 15) is 39.5 Å². The summed E-state index contributed by atoms with van der Waals surface area (Å²) in [5, 5.41) is 0. The van der Waals surface area contributed by atoms with Crippen molar-refractivity contribution in [1.82, 2.24) is 4.48 Å². The zero-order chi connectivity index (χ0) is 29.3. The van der Waals surface area contributed by atoms with Crippen molar-refractivity contribution < 1.29 is 84.7 Å². The molecule has 0 N–H and O–H groups in total. The molecule has 0 spiro atoms. The van der Waals surface area contributed by atoms with Gasteiger partial charge < -0.3 is 4.48 Å². The van der Waals surface area contributed by atoms with E-state index in [0.29, 0.717) is 24.5 Å². The van der Waals surface area contributed by atoms with Gasteiger partial charge in [-0.05, 0) is 24.5 Å². The summed E-state index contributed by atoms with van der Waals surface area (Å²) in [6.07, 6.45) is -5.13. The van der Waals surface area contributed by atoms with Gasteiger partial charge in [-0.25, -0.2) is 65.9 Å². The Kier molecular flexibility index (Phi) is 8.17. The molecule has 0 saturated carbocycles. The van der Waals surface area contributed by atoms with Gasteiger partial charge in [-0.1, -0.05) is 0 Å². The Morgan fingerprint density at radius 3 is 0.700 bits per heavy atom. The molecule has 0 radical (unpaired) electrons. The van der Waals surface area contributed by atoms with Gasteiger partial charge in [0.15, 0.2) is 58.6 Å². The van der Waals surface area contributed by atoms with Gasteiger partial charge in [0.05, 0.1) is 0 Å². The fourth-order valence-electron chi connectivity index (χ4n) is 4.45. The second-order valence-corrected chi connectivity index (χ2v) is 7.90. The van der Waals surface area contributed by atoms with Crippen molar-refractivity contribution in [1.29, 1.82) is 0 Å². The maximum atomic E-state index is 15.2. The van der Waals surface area contributed by atoms with Gasteiger partial charge in [0, 0.05) is 0 Å². The van der Waals surface area contributed by atoms with Crippen molar-refractivity contribution in [2.75, 3.05) is 0 Å². The molecule has 4 aromatic rings. The molecule has 1 heterocycles. The normalized spacial score (nSPS) is 11.7. The molecule has 0 atom stereocenters. The summed E-state index contributed by atoms with van der Waals surface area (Å²) < 4.78 is 218. The van der Waals surface area contributed by atoms with Crippen LogP contribution in [-0.2, 0) is 0 Å². The summed E-state index contributed by atoms with van der Waals surface area (Å²) in [6, 6.07) is 1.39. The topological polar surface area (TPSA) is 4.93 Å². The van der Waals surface area contributed by atoms with E-state index < -0.39 is 110 Å². The van der Waals surface area contributed by atoms with Crippen LogP contribution in [-0.4, -0.2) is 10.8 Å². The zero-order valence-electron chi connectivity index (χ0n) is 19.0. The fourth-order valence-corrected chi connectivity index (χ4v) is 4.45. The molecular formula is C22H4BF15LiN. The Hall–Kier alpha value is -3.45. The third-order valence-corrected chi connectivity index (χ3v) is 6.06. The van der Waals surface area contributed by atoms with E-state index in [1.54, 1.807) is 0 Å². The van der Waals surface area contributed by atoms with Crippen LogP contribution in [0.25, 0.3) is 0 Å². The van der Waals surface area contributed by atoms with E-state index in [0.717, 1.165) is 0 Å². The fraction of sp³-hybridized carbons (Fsp3) is 0. The first kappa shape index (κ1) is 31.1. The average molecular weight is 585 g/mol. The second-order valence-electron chi connectivity index (χ2n) is 7.90. The van der Waals surface area contributed by atoms with Gasteiger partial charge in [-0.2, -0.15) is 0 Å². The van der Waals surface area contributed by atoms with Crippen LogP contribution < -0.4 is 35.2 Å². The van der Waals surface area contributed by atoms with Crippen LogP contribution in [0.3, 0.4) is 0 Å². The molecule has 0 bridgehead atoms. The Labute approximate surface area is 223 Å². The van der Waals surface area contributed by atoms with Crippen LogP contribution in [0.4, 0.5) is 65.9 Å². The van der Waals surface area contributed by atoms with E-state index in [1.165, 1.54) is 0 Å². The third kappa shape index (κ3) is 3.92.